The molecule has 6 N–H and O–H groups in total. The molecule has 0 saturated carbocycles. The molecular weight excluding hydrogens is 784 g/mol. The highest BCUT2D eigenvalue weighted by molar-refractivity contribution is 8.00. The summed E-state index contributed by atoms with van der Waals surface area (Å²) in [6.45, 7) is 6.12. The third kappa shape index (κ3) is 7.35. The molecule has 4 fully saturated rings. The van der Waals surface area contributed by atoms with E-state index in [4.69, 9.17) is 22.2 Å². The number of aromatic hydroxyl groups is 2. The number of halogens is 1. The molecule has 19 nitrogen and oxygen atoms in total. The van der Waals surface area contributed by atoms with Gasteiger partial charge >= 0.3 is 0 Å². The summed E-state index contributed by atoms with van der Waals surface area (Å²) in [5, 5.41) is 63.4. The molecule has 0 radical (unpaired) electrons. The number of thiazole rings is 1. The predicted molar refractivity (Wildman–Crippen MR) is 192 cm³/mol. The van der Waals surface area contributed by atoms with Gasteiger partial charge in [-0.05, 0) is 32.9 Å². The van der Waals surface area contributed by atoms with E-state index in [1.54, 1.807) is 11.8 Å². The summed E-state index contributed by atoms with van der Waals surface area (Å²) in [5.74, 6) is -6.63. The number of hydrogen-bond donors (Lipinski definition) is 5. The van der Waals surface area contributed by atoms with Crippen LogP contribution in [-0.2, 0) is 28.8 Å². The third-order valence-electron chi connectivity index (χ3n) is 10.3. The van der Waals surface area contributed by atoms with Gasteiger partial charge in [-0.15, -0.1) is 23.1 Å². The molecule has 0 unspecified atom stereocenters. The van der Waals surface area contributed by atoms with Crippen molar-refractivity contribution in [3.8, 4) is 11.5 Å². The van der Waals surface area contributed by atoms with Crippen LogP contribution in [0.4, 0.5) is 5.13 Å². The van der Waals surface area contributed by atoms with Crippen molar-refractivity contribution in [3.05, 3.63) is 45.1 Å². The van der Waals surface area contributed by atoms with Crippen LogP contribution in [0.25, 0.3) is 0 Å². The van der Waals surface area contributed by atoms with Crippen molar-refractivity contribution < 1.29 is 58.9 Å². The summed E-state index contributed by atoms with van der Waals surface area (Å²) in [7, 11) is 0. The second-order valence-corrected chi connectivity index (χ2v) is 16.8. The first kappa shape index (κ1) is 39.6. The topological polar surface area (TPSA) is 284 Å². The molecule has 55 heavy (non-hydrogen) atoms. The second kappa shape index (κ2) is 14.8. The van der Waals surface area contributed by atoms with E-state index in [9.17, 15) is 49.6 Å². The number of nitrogens with two attached hydrogens (primary N) is 1. The minimum Gasteiger partial charge on any atom is -0.546 e. The Balaban J connectivity index is 1.20. The lowest BCUT2D eigenvalue weighted by molar-refractivity contribution is -0.925. The van der Waals surface area contributed by atoms with Gasteiger partial charge in [0.1, 0.15) is 23.7 Å². The Hall–Kier alpha value is -5.12. The fraction of sp³-hybridized carbons (Fsp3) is 0.455. The van der Waals surface area contributed by atoms with Crippen LogP contribution in [0.15, 0.2) is 39.1 Å². The SMILES string of the molecule is C[C@@H]1S[C@@H]2[C@H](NC(=O)/C(=N\OC(C)(C)C(=O)[O-])c3csc(N)n3)C(=O)N2C(C(=O)[O-])=C1C[N+]12CCC(CC1)N(C(=O)/C(=N\O)c1cc(O)c(O)c(Cl)c1)CC2. The second-order valence-electron chi connectivity index (χ2n) is 14.1. The molecule has 22 heteroatoms. The Morgan fingerprint density at radius 2 is 1.85 bits per heavy atom. The molecule has 1 aromatic carbocycles. The van der Waals surface area contributed by atoms with Crippen LogP contribution in [0.3, 0.4) is 0 Å². The number of fused-ring (bicyclic) bond motifs is 5. The Labute approximate surface area is 326 Å². The minimum absolute atomic E-state index is 0.000210. The number of carboxylic acids is 2. The summed E-state index contributed by atoms with van der Waals surface area (Å²) in [4.78, 5) is 76.9. The molecule has 5 aliphatic heterocycles. The van der Waals surface area contributed by atoms with Gasteiger partial charge in [0.25, 0.3) is 17.7 Å². The zero-order chi connectivity index (χ0) is 40.1. The number of carbonyl (C=O) groups excluding carboxylic acids is 5. The number of anilines is 1. The van der Waals surface area contributed by atoms with Gasteiger partial charge in [0.05, 0.1) is 48.8 Å². The molecule has 7 rings (SSSR count). The smallest absolute Gasteiger partial charge is 0.276 e. The van der Waals surface area contributed by atoms with E-state index >= 15 is 0 Å². The Morgan fingerprint density at radius 1 is 1.16 bits per heavy atom. The first-order valence-electron chi connectivity index (χ1n) is 16.9. The number of rotatable bonds is 11. The number of nitrogens with one attached hydrogen (secondary N) is 1. The van der Waals surface area contributed by atoms with E-state index < -0.39 is 69.1 Å². The van der Waals surface area contributed by atoms with E-state index in [0.29, 0.717) is 42.5 Å². The zero-order valence-electron chi connectivity index (χ0n) is 29.6. The molecule has 6 heterocycles. The largest absolute Gasteiger partial charge is 0.546 e. The van der Waals surface area contributed by atoms with Gasteiger partial charge in [0.15, 0.2) is 33.7 Å². The van der Waals surface area contributed by atoms with Crippen molar-refractivity contribution in [1.29, 1.82) is 0 Å². The number of carbonyl (C=O) groups is 5. The average molecular weight is 820 g/mol. The highest BCUT2D eigenvalue weighted by atomic mass is 35.5. The number of aliphatic carboxylic acids is 2. The summed E-state index contributed by atoms with van der Waals surface area (Å²) >= 11 is 8.23. The number of amides is 3. The molecule has 2 aromatic rings. The Bertz CT molecular complexity index is 2040. The lowest BCUT2D eigenvalue weighted by atomic mass is 9.97. The van der Waals surface area contributed by atoms with E-state index in [-0.39, 0.29) is 52.0 Å². The number of oxime groups is 2. The van der Waals surface area contributed by atoms with Crippen molar-refractivity contribution in [2.24, 2.45) is 10.3 Å². The molecule has 0 spiro atoms. The monoisotopic (exact) mass is 819 g/mol. The van der Waals surface area contributed by atoms with Crippen LogP contribution in [0.2, 0.25) is 5.02 Å². The summed E-state index contributed by atoms with van der Waals surface area (Å²) in [5.41, 5.74) is 3.08. The fourth-order valence-corrected chi connectivity index (χ4v) is 9.34. The molecule has 294 valence electrons. The Kier molecular flexibility index (Phi) is 10.7. The van der Waals surface area contributed by atoms with Gasteiger partial charge < -0.3 is 60.5 Å². The zero-order valence-corrected chi connectivity index (χ0v) is 31.9. The number of quaternary nitrogens is 1. The van der Waals surface area contributed by atoms with E-state index in [1.807, 2.05) is 0 Å². The number of β-lactam (4-membered cyclic amide) rings is 1. The van der Waals surface area contributed by atoms with Crippen LogP contribution in [0.1, 0.15) is 44.9 Å². The number of carboxylic acid groups (broad SMARTS) is 2. The van der Waals surface area contributed by atoms with E-state index in [0.717, 1.165) is 36.2 Å². The van der Waals surface area contributed by atoms with Crippen molar-refractivity contribution in [1.82, 2.24) is 20.1 Å². The van der Waals surface area contributed by atoms with E-state index in [2.05, 4.69) is 20.6 Å². The van der Waals surface area contributed by atoms with Crippen molar-refractivity contribution >= 4 is 80.9 Å². The highest BCUT2D eigenvalue weighted by Crippen LogP contribution is 2.45. The molecule has 3 atom stereocenters. The average Bonchev–Trinajstić information content (AvgIpc) is 3.37. The van der Waals surface area contributed by atoms with Crippen LogP contribution in [-0.4, -0.2) is 137 Å². The van der Waals surface area contributed by atoms with Gasteiger partial charge in [0, 0.05) is 40.7 Å². The molecule has 3 amide bonds. The summed E-state index contributed by atoms with van der Waals surface area (Å²) in [6, 6.07) is 0.839. The number of aromatic nitrogens is 1. The molecule has 2 bridgehead atoms. The molecule has 4 saturated heterocycles. The molecular formula is C33H36ClN8O11S2-. The lowest BCUT2D eigenvalue weighted by Gasteiger charge is -2.53. The van der Waals surface area contributed by atoms with Crippen molar-refractivity contribution in [2.45, 2.75) is 61.9 Å². The number of nitrogens with zero attached hydrogens (tertiary/aromatic N) is 6. The lowest BCUT2D eigenvalue weighted by Crippen LogP contribution is -2.72. The number of phenolic OH excluding ortho intramolecular Hbond substituents is 2. The maximum Gasteiger partial charge on any atom is 0.276 e. The number of piperidine rings is 1. The van der Waals surface area contributed by atoms with Gasteiger partial charge in [-0.25, -0.2) is 4.98 Å². The fourth-order valence-electron chi connectivity index (χ4n) is 7.14. The molecule has 0 aliphatic carbocycles. The summed E-state index contributed by atoms with van der Waals surface area (Å²) in [6.07, 6.45) is 1.08. The van der Waals surface area contributed by atoms with Gasteiger partial charge in [-0.2, -0.15) is 0 Å². The first-order valence-corrected chi connectivity index (χ1v) is 19.1. The number of thioether (sulfide) groups is 1. The Morgan fingerprint density at radius 3 is 2.44 bits per heavy atom. The highest BCUT2D eigenvalue weighted by Gasteiger charge is 2.56. The maximum atomic E-state index is 13.7. The minimum atomic E-state index is -1.93. The van der Waals surface area contributed by atoms with E-state index in [1.165, 1.54) is 23.2 Å². The number of phenols is 2. The van der Waals surface area contributed by atoms with Gasteiger partial charge in [-0.3, -0.25) is 19.3 Å². The quantitative estimate of drug-likeness (QED) is 0.0433. The molecule has 1 aromatic heterocycles. The van der Waals surface area contributed by atoms with Crippen molar-refractivity contribution in [2.75, 3.05) is 38.5 Å². The van der Waals surface area contributed by atoms with Crippen molar-refractivity contribution in [3.63, 3.8) is 0 Å². The van der Waals surface area contributed by atoms with Crippen LogP contribution in [0, 0.1) is 0 Å². The van der Waals surface area contributed by atoms with Gasteiger partial charge in [0.2, 0.25) is 0 Å². The first-order chi connectivity index (χ1) is 25.9. The van der Waals surface area contributed by atoms with Crippen LogP contribution < -0.4 is 21.3 Å². The van der Waals surface area contributed by atoms with Crippen LogP contribution in [0.5, 0.6) is 11.5 Å². The predicted octanol–water partition coefficient (Wildman–Crippen LogP) is -1.47. The summed E-state index contributed by atoms with van der Waals surface area (Å²) < 4.78 is 0.403. The maximum absolute atomic E-state index is 13.7. The number of hydrogen-bond acceptors (Lipinski definition) is 17. The third-order valence-corrected chi connectivity index (χ3v) is 12.7. The van der Waals surface area contributed by atoms with Gasteiger partial charge in [-0.1, -0.05) is 21.9 Å². The van der Waals surface area contributed by atoms with Crippen LogP contribution >= 0.6 is 34.7 Å². The number of benzene rings is 1. The standard InChI is InChI=1S/C33H37ClN8O11S2/c1-14-17(12-42-7-4-16(5-8-42)40(6-9-42)27(46)21(38-52)15-10-18(34)25(44)20(43)11-15)24(30(48)49)41-28(47)23(29(41)55-14)37-26(45)22(19-13-54-32(35)36-19)39-53-33(2,3)31(50)51/h10-11,13-14,16,23,29H,4-9,12H2,1-3H3,(H7-,35,36,37,38,39,43,44,45,46,48,49,50,51,52)/p-1/t14-,16?,23+,29+,42?/m0/s1. The normalized spacial score (nSPS) is 25.6. The molecule has 5 aliphatic rings. The number of nitrogen functional groups attached to an aromatic ring is 1.